The highest BCUT2D eigenvalue weighted by atomic mass is 16.5. The molecular weight excluding hydrogens is 424 g/mol. The number of para-hydroxylation sites is 1. The van der Waals surface area contributed by atoms with Crippen molar-refractivity contribution in [1.82, 2.24) is 28.9 Å². The van der Waals surface area contributed by atoms with Crippen molar-refractivity contribution in [3.05, 3.63) is 75.0 Å². The summed E-state index contributed by atoms with van der Waals surface area (Å²) in [4.78, 5) is 43.6. The standard InChI is InChI=1S/C23H26N6O4/c1-3-4-12-28-21-20(22(31)26-23(28)32)27(2)18(25-21)15-33-19(30)11-10-16-13-24-29(14-16)17-8-6-5-7-9-17/h5-9,13-14H,3-4,10-12,15H2,1-2H3,(H,26,31,32). The number of carbonyl (C=O) groups is 1. The Hall–Kier alpha value is -3.95. The summed E-state index contributed by atoms with van der Waals surface area (Å²) in [7, 11) is 1.67. The molecule has 4 rings (SSSR count). The van der Waals surface area contributed by atoms with Gasteiger partial charge in [0.15, 0.2) is 11.2 Å². The number of esters is 1. The second-order valence-corrected chi connectivity index (χ2v) is 7.81. The Balaban J connectivity index is 1.41. The molecule has 1 N–H and O–H groups in total. The molecule has 10 heteroatoms. The maximum atomic E-state index is 12.3. The second kappa shape index (κ2) is 9.68. The number of nitrogens with one attached hydrogen (secondary N) is 1. The Morgan fingerprint density at radius 2 is 1.97 bits per heavy atom. The Bertz CT molecular complexity index is 1380. The van der Waals surface area contributed by atoms with Gasteiger partial charge in [0, 0.05) is 26.2 Å². The number of aryl methyl sites for hydroxylation is 3. The largest absolute Gasteiger partial charge is 0.457 e. The summed E-state index contributed by atoms with van der Waals surface area (Å²) in [5.74, 6) is 0.0170. The molecule has 0 bridgehead atoms. The third kappa shape index (κ3) is 4.79. The number of nitrogens with zero attached hydrogens (tertiary/aromatic N) is 5. The second-order valence-electron chi connectivity index (χ2n) is 7.81. The monoisotopic (exact) mass is 450 g/mol. The van der Waals surface area contributed by atoms with E-state index < -0.39 is 11.2 Å². The molecule has 3 heterocycles. The van der Waals surface area contributed by atoms with Crippen molar-refractivity contribution >= 4 is 17.1 Å². The first kappa shape index (κ1) is 22.3. The molecule has 0 aliphatic carbocycles. The van der Waals surface area contributed by atoms with Crippen molar-refractivity contribution in [2.75, 3.05) is 0 Å². The van der Waals surface area contributed by atoms with Gasteiger partial charge in [0.1, 0.15) is 12.4 Å². The van der Waals surface area contributed by atoms with Crippen LogP contribution >= 0.6 is 0 Å². The molecule has 10 nitrogen and oxygen atoms in total. The quantitative estimate of drug-likeness (QED) is 0.390. The number of benzene rings is 1. The molecule has 0 saturated heterocycles. The topological polar surface area (TPSA) is 117 Å². The lowest BCUT2D eigenvalue weighted by atomic mass is 10.2. The van der Waals surface area contributed by atoms with Crippen molar-refractivity contribution in [2.45, 2.75) is 45.8 Å². The van der Waals surface area contributed by atoms with E-state index in [0.717, 1.165) is 24.1 Å². The zero-order valence-corrected chi connectivity index (χ0v) is 18.7. The number of rotatable bonds is 9. The minimum absolute atomic E-state index is 0.0886. The molecular formula is C23H26N6O4. The van der Waals surface area contributed by atoms with Gasteiger partial charge in [-0.1, -0.05) is 31.5 Å². The first-order valence-corrected chi connectivity index (χ1v) is 10.9. The minimum Gasteiger partial charge on any atom is -0.457 e. The molecule has 0 spiro atoms. The Morgan fingerprint density at radius 3 is 2.73 bits per heavy atom. The summed E-state index contributed by atoms with van der Waals surface area (Å²) < 4.78 is 10.2. The van der Waals surface area contributed by atoms with Crippen molar-refractivity contribution < 1.29 is 9.53 Å². The SMILES string of the molecule is CCCCn1c(=O)[nH]c(=O)c2c1nc(COC(=O)CCc1cnn(-c3ccccc3)c1)n2C. The highest BCUT2D eigenvalue weighted by Gasteiger charge is 2.17. The van der Waals surface area contributed by atoms with Gasteiger partial charge in [0.25, 0.3) is 5.56 Å². The number of carbonyl (C=O) groups excluding carboxylic acids is 1. The lowest BCUT2D eigenvalue weighted by Crippen LogP contribution is -2.31. The number of unbranched alkanes of at least 4 members (excludes halogenated alkanes) is 1. The predicted octanol–water partition coefficient (Wildman–Crippen LogP) is 2.09. The number of imidazole rings is 1. The van der Waals surface area contributed by atoms with Crippen LogP contribution in [0, 0.1) is 0 Å². The predicted molar refractivity (Wildman–Crippen MR) is 122 cm³/mol. The van der Waals surface area contributed by atoms with E-state index in [0.29, 0.717) is 24.4 Å². The molecule has 0 radical (unpaired) electrons. The molecule has 172 valence electrons. The lowest BCUT2D eigenvalue weighted by molar-refractivity contribution is -0.145. The van der Waals surface area contributed by atoms with E-state index in [1.807, 2.05) is 43.5 Å². The van der Waals surface area contributed by atoms with Gasteiger partial charge in [-0.25, -0.2) is 14.5 Å². The maximum Gasteiger partial charge on any atom is 0.330 e. The van der Waals surface area contributed by atoms with Crippen LogP contribution in [0.15, 0.2) is 52.3 Å². The Morgan fingerprint density at radius 1 is 1.18 bits per heavy atom. The number of aromatic amines is 1. The summed E-state index contributed by atoms with van der Waals surface area (Å²) in [6, 6.07) is 9.72. The van der Waals surface area contributed by atoms with E-state index in [2.05, 4.69) is 15.1 Å². The number of H-pyrrole nitrogens is 1. The van der Waals surface area contributed by atoms with Gasteiger partial charge < -0.3 is 9.30 Å². The average molecular weight is 450 g/mol. The van der Waals surface area contributed by atoms with Gasteiger partial charge in [0.2, 0.25) is 0 Å². The van der Waals surface area contributed by atoms with Crippen LogP contribution in [-0.4, -0.2) is 34.9 Å². The van der Waals surface area contributed by atoms with Crippen LogP contribution in [0.2, 0.25) is 0 Å². The van der Waals surface area contributed by atoms with Crippen LogP contribution in [0.4, 0.5) is 0 Å². The number of ether oxygens (including phenoxy) is 1. The fourth-order valence-corrected chi connectivity index (χ4v) is 3.62. The highest BCUT2D eigenvalue weighted by molar-refractivity contribution is 5.71. The summed E-state index contributed by atoms with van der Waals surface area (Å²) in [5, 5.41) is 4.33. The van der Waals surface area contributed by atoms with Crippen LogP contribution in [-0.2, 0) is 36.2 Å². The van der Waals surface area contributed by atoms with Gasteiger partial charge in [-0.3, -0.25) is 19.1 Å². The highest BCUT2D eigenvalue weighted by Crippen LogP contribution is 2.13. The average Bonchev–Trinajstić information content (AvgIpc) is 3.42. The third-order valence-corrected chi connectivity index (χ3v) is 5.48. The molecule has 0 aliphatic heterocycles. The van der Waals surface area contributed by atoms with Gasteiger partial charge in [0.05, 0.1) is 11.9 Å². The van der Waals surface area contributed by atoms with Crippen LogP contribution in [0.25, 0.3) is 16.9 Å². The normalized spacial score (nSPS) is 11.2. The van der Waals surface area contributed by atoms with Gasteiger partial charge in [-0.2, -0.15) is 5.10 Å². The number of hydrogen-bond acceptors (Lipinski definition) is 6. The fourth-order valence-electron chi connectivity index (χ4n) is 3.62. The first-order chi connectivity index (χ1) is 16.0. The van der Waals surface area contributed by atoms with Gasteiger partial charge >= 0.3 is 11.7 Å². The van der Waals surface area contributed by atoms with E-state index in [-0.39, 0.29) is 24.5 Å². The van der Waals surface area contributed by atoms with E-state index in [4.69, 9.17) is 4.74 Å². The van der Waals surface area contributed by atoms with E-state index in [1.165, 1.54) is 4.57 Å². The number of fused-ring (bicyclic) bond motifs is 1. The summed E-state index contributed by atoms with van der Waals surface area (Å²) in [6.07, 6.45) is 5.97. The zero-order valence-electron chi connectivity index (χ0n) is 18.7. The summed E-state index contributed by atoms with van der Waals surface area (Å²) in [6.45, 7) is 2.38. The molecule has 0 fully saturated rings. The van der Waals surface area contributed by atoms with Crippen molar-refractivity contribution in [3.63, 3.8) is 0 Å². The maximum absolute atomic E-state index is 12.3. The molecule has 0 amide bonds. The fraction of sp³-hybridized carbons (Fsp3) is 0.348. The molecule has 3 aromatic heterocycles. The third-order valence-electron chi connectivity index (χ3n) is 5.48. The van der Waals surface area contributed by atoms with Crippen LogP contribution in [0.1, 0.15) is 37.6 Å². The van der Waals surface area contributed by atoms with Crippen molar-refractivity contribution in [3.8, 4) is 5.69 Å². The molecule has 0 saturated carbocycles. The van der Waals surface area contributed by atoms with Crippen LogP contribution in [0.5, 0.6) is 0 Å². The van der Waals surface area contributed by atoms with Gasteiger partial charge in [-0.05, 0) is 30.5 Å². The van der Waals surface area contributed by atoms with E-state index >= 15 is 0 Å². The Kier molecular flexibility index (Phi) is 6.53. The molecule has 1 aromatic carbocycles. The van der Waals surface area contributed by atoms with E-state index in [1.54, 1.807) is 22.5 Å². The molecule has 33 heavy (non-hydrogen) atoms. The van der Waals surface area contributed by atoms with Crippen LogP contribution in [0.3, 0.4) is 0 Å². The summed E-state index contributed by atoms with van der Waals surface area (Å²) in [5.41, 5.74) is 1.46. The van der Waals surface area contributed by atoms with Crippen molar-refractivity contribution in [2.24, 2.45) is 7.05 Å². The van der Waals surface area contributed by atoms with Crippen LogP contribution < -0.4 is 11.2 Å². The molecule has 4 aromatic rings. The zero-order chi connectivity index (χ0) is 23.4. The minimum atomic E-state index is -0.509. The summed E-state index contributed by atoms with van der Waals surface area (Å²) >= 11 is 0. The first-order valence-electron chi connectivity index (χ1n) is 10.9. The lowest BCUT2D eigenvalue weighted by Gasteiger charge is -2.05. The van der Waals surface area contributed by atoms with Gasteiger partial charge in [-0.15, -0.1) is 0 Å². The van der Waals surface area contributed by atoms with E-state index in [9.17, 15) is 14.4 Å². The van der Waals surface area contributed by atoms with Crippen molar-refractivity contribution in [1.29, 1.82) is 0 Å². The molecule has 0 atom stereocenters. The number of aromatic nitrogens is 6. The molecule has 0 aliphatic rings. The molecule has 0 unspecified atom stereocenters. The smallest absolute Gasteiger partial charge is 0.330 e. The Labute approximate surface area is 189 Å². The number of hydrogen-bond donors (Lipinski definition) is 1.